The van der Waals surface area contributed by atoms with Crippen LogP contribution in [0.15, 0.2) is 24.4 Å². The molecule has 0 unspecified atom stereocenters. The fourth-order valence-electron chi connectivity index (χ4n) is 2.71. The van der Waals surface area contributed by atoms with Crippen LogP contribution in [0.4, 0.5) is 0 Å². The van der Waals surface area contributed by atoms with E-state index in [9.17, 15) is 9.59 Å². The van der Waals surface area contributed by atoms with E-state index >= 15 is 0 Å². The van der Waals surface area contributed by atoms with Gasteiger partial charge in [-0.2, -0.15) is 0 Å². The summed E-state index contributed by atoms with van der Waals surface area (Å²) in [5.41, 5.74) is 7.61. The Hall–Kier alpha value is -2.64. The molecule has 2 N–H and O–H groups in total. The number of imidazole rings is 1. The number of primary amides is 1. The van der Waals surface area contributed by atoms with E-state index in [2.05, 4.69) is 14.7 Å². The van der Waals surface area contributed by atoms with Gasteiger partial charge in [0.25, 0.3) is 5.91 Å². The summed E-state index contributed by atoms with van der Waals surface area (Å²) in [6.45, 7) is 1.65. The van der Waals surface area contributed by atoms with Gasteiger partial charge in [0, 0.05) is 16.8 Å². The van der Waals surface area contributed by atoms with Gasteiger partial charge in [-0.15, -0.1) is 0 Å². The molecule has 1 aromatic carbocycles. The minimum atomic E-state index is -0.652. The van der Waals surface area contributed by atoms with Crippen LogP contribution in [0.25, 0.3) is 17.0 Å². The molecular formula is C17H14Cl2N4O3. The van der Waals surface area contributed by atoms with Crippen molar-refractivity contribution in [1.29, 1.82) is 0 Å². The van der Waals surface area contributed by atoms with Gasteiger partial charge in [-0.05, 0) is 25.1 Å². The summed E-state index contributed by atoms with van der Waals surface area (Å²) in [6, 6.07) is 4.91. The topological polar surface area (TPSA) is 99.6 Å². The van der Waals surface area contributed by atoms with Gasteiger partial charge in [0.2, 0.25) is 5.78 Å². The molecule has 0 aliphatic heterocycles. The Labute approximate surface area is 158 Å². The average molecular weight is 393 g/mol. The van der Waals surface area contributed by atoms with E-state index in [1.165, 1.54) is 7.11 Å². The molecular weight excluding hydrogens is 379 g/mol. The number of carbonyl (C=O) groups excluding carboxylic acids is 2. The fraction of sp³-hybridized carbons (Fsp3) is 0.176. The largest absolute Gasteiger partial charge is 0.469 e. The molecule has 7 nitrogen and oxygen atoms in total. The molecule has 9 heteroatoms. The molecule has 0 bridgehead atoms. The Bertz CT molecular complexity index is 1050. The number of rotatable bonds is 4. The quantitative estimate of drug-likeness (QED) is 0.688. The number of esters is 1. The van der Waals surface area contributed by atoms with Crippen LogP contribution in [0.2, 0.25) is 10.0 Å². The highest BCUT2D eigenvalue weighted by Gasteiger charge is 2.22. The van der Waals surface area contributed by atoms with Crippen molar-refractivity contribution in [3.8, 4) is 11.3 Å². The van der Waals surface area contributed by atoms with Crippen molar-refractivity contribution in [3.63, 3.8) is 0 Å². The smallest absolute Gasteiger partial charge is 0.311 e. The summed E-state index contributed by atoms with van der Waals surface area (Å²) in [7, 11) is 1.30. The van der Waals surface area contributed by atoms with Gasteiger partial charge in [0.15, 0.2) is 0 Å². The second-order valence-electron chi connectivity index (χ2n) is 5.56. The lowest BCUT2D eigenvalue weighted by atomic mass is 10.0. The zero-order valence-corrected chi connectivity index (χ0v) is 15.4. The van der Waals surface area contributed by atoms with Crippen LogP contribution in [0.5, 0.6) is 0 Å². The Kier molecular flexibility index (Phi) is 4.84. The normalized spacial score (nSPS) is 10.9. The minimum Gasteiger partial charge on any atom is -0.469 e. The van der Waals surface area contributed by atoms with E-state index in [4.69, 9.17) is 28.9 Å². The van der Waals surface area contributed by atoms with Crippen molar-refractivity contribution in [2.75, 3.05) is 7.11 Å². The van der Waals surface area contributed by atoms with E-state index < -0.39 is 11.9 Å². The predicted octanol–water partition coefficient (Wildman–Crippen LogP) is 2.83. The van der Waals surface area contributed by atoms with Gasteiger partial charge in [-0.1, -0.05) is 23.2 Å². The highest BCUT2D eigenvalue weighted by Crippen LogP contribution is 2.34. The lowest BCUT2D eigenvalue weighted by Crippen LogP contribution is -2.17. The molecule has 0 radical (unpaired) electrons. The van der Waals surface area contributed by atoms with Gasteiger partial charge in [-0.25, -0.2) is 9.97 Å². The number of benzene rings is 1. The second kappa shape index (κ2) is 6.93. The Morgan fingerprint density at radius 1 is 1.27 bits per heavy atom. The molecule has 0 spiro atoms. The summed E-state index contributed by atoms with van der Waals surface area (Å²) >= 11 is 12.3. The fourth-order valence-corrected chi connectivity index (χ4v) is 3.20. The van der Waals surface area contributed by atoms with Crippen LogP contribution in [-0.2, 0) is 16.0 Å². The van der Waals surface area contributed by atoms with Crippen LogP contribution in [0.3, 0.4) is 0 Å². The van der Waals surface area contributed by atoms with Crippen LogP contribution < -0.4 is 5.73 Å². The van der Waals surface area contributed by atoms with Crippen LogP contribution in [-0.4, -0.2) is 33.4 Å². The van der Waals surface area contributed by atoms with Crippen molar-refractivity contribution < 1.29 is 14.3 Å². The molecule has 134 valence electrons. The number of ether oxygens (including phenoxy) is 1. The van der Waals surface area contributed by atoms with E-state index in [1.54, 1.807) is 35.7 Å². The highest BCUT2D eigenvalue weighted by atomic mass is 35.5. The van der Waals surface area contributed by atoms with Crippen molar-refractivity contribution in [2.24, 2.45) is 5.73 Å². The Morgan fingerprint density at radius 2 is 2.00 bits per heavy atom. The third-order valence-corrected chi connectivity index (χ3v) is 4.38. The maximum atomic E-state index is 12.1. The molecule has 0 aliphatic carbocycles. The van der Waals surface area contributed by atoms with E-state index in [0.29, 0.717) is 38.5 Å². The van der Waals surface area contributed by atoms with Gasteiger partial charge in [-0.3, -0.25) is 14.0 Å². The summed E-state index contributed by atoms with van der Waals surface area (Å²) in [6.07, 6.45) is 1.57. The molecule has 0 aliphatic rings. The van der Waals surface area contributed by atoms with Gasteiger partial charge in [0.05, 0.1) is 41.2 Å². The van der Waals surface area contributed by atoms with Crippen molar-refractivity contribution in [1.82, 2.24) is 14.4 Å². The van der Waals surface area contributed by atoms with E-state index in [1.807, 2.05) is 0 Å². The van der Waals surface area contributed by atoms with Gasteiger partial charge >= 0.3 is 5.97 Å². The lowest BCUT2D eigenvalue weighted by molar-refractivity contribution is -0.139. The number of nitrogens with two attached hydrogens (primary N) is 1. The molecule has 26 heavy (non-hydrogen) atoms. The number of hydrogen-bond acceptors (Lipinski definition) is 5. The molecule has 0 fully saturated rings. The van der Waals surface area contributed by atoms with E-state index in [-0.39, 0.29) is 12.0 Å². The number of carbonyl (C=O) groups is 2. The second-order valence-corrected chi connectivity index (χ2v) is 6.41. The van der Waals surface area contributed by atoms with Crippen molar-refractivity contribution >= 4 is 40.9 Å². The van der Waals surface area contributed by atoms with Crippen LogP contribution in [0, 0.1) is 6.92 Å². The maximum Gasteiger partial charge on any atom is 0.311 e. The number of halogens is 2. The molecule has 3 rings (SSSR count). The molecule has 0 saturated heterocycles. The zero-order valence-electron chi connectivity index (χ0n) is 13.9. The number of aromatic nitrogens is 3. The van der Waals surface area contributed by atoms with Crippen LogP contribution >= 0.6 is 23.2 Å². The summed E-state index contributed by atoms with van der Waals surface area (Å²) in [4.78, 5) is 32.3. The van der Waals surface area contributed by atoms with Crippen LogP contribution in [0.1, 0.15) is 21.7 Å². The number of fused-ring (bicyclic) bond motifs is 1. The number of aryl methyl sites for hydroxylation is 1. The maximum absolute atomic E-state index is 12.1. The van der Waals surface area contributed by atoms with Gasteiger partial charge < -0.3 is 10.5 Å². The standard InChI is InChI=1S/C17H14Cl2N4O3/c1-8-14(16(20)25)15(11-4-3-9(18)5-12(11)19)23-7-10(6-13(24)26-2)22-17(23)21-8/h3-5,7H,6H2,1-2H3,(H2,20,25). The molecule has 1 amide bonds. The predicted molar refractivity (Wildman–Crippen MR) is 97.4 cm³/mol. The molecule has 2 heterocycles. The van der Waals surface area contributed by atoms with E-state index in [0.717, 1.165) is 0 Å². The molecule has 0 saturated carbocycles. The minimum absolute atomic E-state index is 0.0292. The number of hydrogen-bond donors (Lipinski definition) is 1. The molecule has 2 aromatic heterocycles. The highest BCUT2D eigenvalue weighted by molar-refractivity contribution is 6.36. The monoisotopic (exact) mass is 392 g/mol. The molecule has 0 atom stereocenters. The number of methoxy groups -OCH3 is 1. The van der Waals surface area contributed by atoms with Crippen molar-refractivity contribution in [3.05, 3.63) is 51.4 Å². The summed E-state index contributed by atoms with van der Waals surface area (Å²) in [5, 5.41) is 0.800. The number of amides is 1. The first-order valence-corrected chi connectivity index (χ1v) is 8.28. The first-order chi connectivity index (χ1) is 12.3. The number of nitrogens with zero attached hydrogens (tertiary/aromatic N) is 3. The lowest BCUT2D eigenvalue weighted by Gasteiger charge is -2.13. The van der Waals surface area contributed by atoms with Crippen molar-refractivity contribution in [2.45, 2.75) is 13.3 Å². The SMILES string of the molecule is COC(=O)Cc1cn2c(-c3ccc(Cl)cc3Cl)c(C(N)=O)c(C)nc2n1. The summed E-state index contributed by atoms with van der Waals surface area (Å²) in [5.74, 6) is -0.778. The first kappa shape index (κ1) is 18.2. The Balaban J connectivity index is 2.34. The zero-order chi connectivity index (χ0) is 19.0. The third-order valence-electron chi connectivity index (χ3n) is 3.83. The average Bonchev–Trinajstić information content (AvgIpc) is 2.95. The summed E-state index contributed by atoms with van der Waals surface area (Å²) < 4.78 is 6.25. The van der Waals surface area contributed by atoms with Gasteiger partial charge in [0.1, 0.15) is 0 Å². The molecule has 3 aromatic rings. The first-order valence-electron chi connectivity index (χ1n) is 7.52. The Morgan fingerprint density at radius 3 is 2.62 bits per heavy atom. The third kappa shape index (κ3) is 3.23.